The van der Waals surface area contributed by atoms with Crippen molar-refractivity contribution in [3.05, 3.63) is 0 Å². The standard InChI is InChI=1S/C14H27N3/c1-5-12(6-2)17(4)13-8-9-14(10-13,11-15)16-7-3/h12-13,16H,5-10H2,1-4H3. The zero-order valence-electron chi connectivity index (χ0n) is 11.8. The molecule has 17 heavy (non-hydrogen) atoms. The molecule has 1 rings (SSSR count). The SMILES string of the molecule is CCNC1(C#N)CCC(N(C)C(CC)CC)C1. The van der Waals surface area contributed by atoms with Gasteiger partial charge in [-0.3, -0.25) is 5.32 Å². The molecule has 0 spiro atoms. The van der Waals surface area contributed by atoms with E-state index in [0.717, 1.165) is 25.8 Å². The molecule has 0 heterocycles. The number of nitrogens with one attached hydrogen (secondary N) is 1. The fourth-order valence-electron chi connectivity index (χ4n) is 3.17. The van der Waals surface area contributed by atoms with Gasteiger partial charge in [-0.25, -0.2) is 0 Å². The third kappa shape index (κ3) is 3.20. The van der Waals surface area contributed by atoms with Crippen molar-refractivity contribution < 1.29 is 0 Å². The topological polar surface area (TPSA) is 39.1 Å². The summed E-state index contributed by atoms with van der Waals surface area (Å²) in [5, 5.41) is 12.7. The third-order valence-corrected chi connectivity index (χ3v) is 4.31. The predicted molar refractivity (Wildman–Crippen MR) is 71.8 cm³/mol. The zero-order chi connectivity index (χ0) is 12.9. The molecule has 2 atom stereocenters. The second kappa shape index (κ2) is 6.37. The minimum Gasteiger partial charge on any atom is -0.300 e. The van der Waals surface area contributed by atoms with E-state index in [-0.39, 0.29) is 5.54 Å². The largest absolute Gasteiger partial charge is 0.300 e. The van der Waals surface area contributed by atoms with Gasteiger partial charge in [0, 0.05) is 12.1 Å². The van der Waals surface area contributed by atoms with Gasteiger partial charge in [0.05, 0.1) is 6.07 Å². The Hall–Kier alpha value is -0.590. The molecule has 0 aromatic heterocycles. The van der Waals surface area contributed by atoms with E-state index in [2.05, 4.69) is 44.1 Å². The normalized spacial score (nSPS) is 28.9. The highest BCUT2D eigenvalue weighted by molar-refractivity contribution is 5.13. The molecule has 0 bridgehead atoms. The maximum absolute atomic E-state index is 9.37. The fraction of sp³-hybridized carbons (Fsp3) is 0.929. The van der Waals surface area contributed by atoms with Gasteiger partial charge in [0.15, 0.2) is 0 Å². The van der Waals surface area contributed by atoms with Crippen LogP contribution in [0.2, 0.25) is 0 Å². The van der Waals surface area contributed by atoms with Crippen molar-refractivity contribution >= 4 is 0 Å². The summed E-state index contributed by atoms with van der Waals surface area (Å²) in [5.41, 5.74) is -0.264. The van der Waals surface area contributed by atoms with E-state index in [1.54, 1.807) is 0 Å². The third-order valence-electron chi connectivity index (χ3n) is 4.31. The molecule has 1 aliphatic carbocycles. The Morgan fingerprint density at radius 3 is 2.53 bits per heavy atom. The van der Waals surface area contributed by atoms with Crippen LogP contribution >= 0.6 is 0 Å². The van der Waals surface area contributed by atoms with Crippen LogP contribution in [0.1, 0.15) is 52.9 Å². The first-order chi connectivity index (χ1) is 8.12. The Morgan fingerprint density at radius 1 is 1.41 bits per heavy atom. The van der Waals surface area contributed by atoms with Crippen LogP contribution in [0.3, 0.4) is 0 Å². The van der Waals surface area contributed by atoms with Gasteiger partial charge < -0.3 is 4.90 Å². The fourth-order valence-corrected chi connectivity index (χ4v) is 3.17. The number of hydrogen-bond donors (Lipinski definition) is 1. The summed E-state index contributed by atoms with van der Waals surface area (Å²) in [7, 11) is 2.22. The van der Waals surface area contributed by atoms with Crippen LogP contribution in [0.25, 0.3) is 0 Å². The second-order valence-corrected chi connectivity index (χ2v) is 5.26. The Balaban J connectivity index is 2.63. The molecule has 0 aromatic rings. The summed E-state index contributed by atoms with van der Waals surface area (Å²) >= 11 is 0. The quantitative estimate of drug-likeness (QED) is 0.771. The predicted octanol–water partition coefficient (Wildman–Crippen LogP) is 2.53. The lowest BCUT2D eigenvalue weighted by molar-refractivity contribution is 0.161. The summed E-state index contributed by atoms with van der Waals surface area (Å²) in [6.45, 7) is 7.47. The van der Waals surface area contributed by atoms with E-state index in [1.807, 2.05) is 0 Å². The lowest BCUT2D eigenvalue weighted by Gasteiger charge is -2.32. The molecule has 98 valence electrons. The maximum atomic E-state index is 9.37. The first-order valence-corrected chi connectivity index (χ1v) is 7.00. The molecule has 1 saturated carbocycles. The molecule has 1 fully saturated rings. The maximum Gasteiger partial charge on any atom is 0.108 e. The first-order valence-electron chi connectivity index (χ1n) is 7.00. The highest BCUT2D eigenvalue weighted by Crippen LogP contribution is 2.33. The highest BCUT2D eigenvalue weighted by Gasteiger charge is 2.41. The van der Waals surface area contributed by atoms with Gasteiger partial charge in [-0.1, -0.05) is 20.8 Å². The van der Waals surface area contributed by atoms with Crippen molar-refractivity contribution in [1.29, 1.82) is 5.26 Å². The van der Waals surface area contributed by atoms with Crippen LogP contribution in [0.4, 0.5) is 0 Å². The highest BCUT2D eigenvalue weighted by atomic mass is 15.2. The summed E-state index contributed by atoms with van der Waals surface area (Å²) in [6, 6.07) is 3.73. The van der Waals surface area contributed by atoms with Gasteiger partial charge >= 0.3 is 0 Å². The van der Waals surface area contributed by atoms with E-state index in [1.165, 1.54) is 12.8 Å². The Labute approximate surface area is 106 Å². The van der Waals surface area contributed by atoms with E-state index >= 15 is 0 Å². The summed E-state index contributed by atoms with van der Waals surface area (Å²) in [5.74, 6) is 0. The lowest BCUT2D eigenvalue weighted by atomic mass is 9.99. The van der Waals surface area contributed by atoms with Gasteiger partial charge in [0.2, 0.25) is 0 Å². The molecule has 0 amide bonds. The minimum atomic E-state index is -0.264. The average Bonchev–Trinajstić information content (AvgIpc) is 2.76. The Kier molecular flexibility index (Phi) is 5.42. The summed E-state index contributed by atoms with van der Waals surface area (Å²) in [6.07, 6.45) is 5.51. The van der Waals surface area contributed by atoms with Crippen molar-refractivity contribution in [2.24, 2.45) is 0 Å². The van der Waals surface area contributed by atoms with E-state index < -0.39 is 0 Å². The van der Waals surface area contributed by atoms with Gasteiger partial charge in [0.25, 0.3) is 0 Å². The van der Waals surface area contributed by atoms with Gasteiger partial charge in [-0.15, -0.1) is 0 Å². The van der Waals surface area contributed by atoms with Crippen LogP contribution in [-0.2, 0) is 0 Å². The molecule has 0 radical (unpaired) electrons. The summed E-state index contributed by atoms with van der Waals surface area (Å²) in [4.78, 5) is 2.50. The van der Waals surface area contributed by atoms with Crippen molar-refractivity contribution in [2.75, 3.05) is 13.6 Å². The first kappa shape index (κ1) is 14.5. The molecule has 0 aliphatic heterocycles. The molecule has 3 nitrogen and oxygen atoms in total. The number of hydrogen-bond acceptors (Lipinski definition) is 3. The molecule has 0 aromatic carbocycles. The molecule has 3 heteroatoms. The van der Waals surface area contributed by atoms with Crippen LogP contribution in [-0.4, -0.2) is 36.1 Å². The van der Waals surface area contributed by atoms with E-state index in [0.29, 0.717) is 12.1 Å². The van der Waals surface area contributed by atoms with Crippen molar-refractivity contribution in [3.8, 4) is 6.07 Å². The molecule has 0 saturated heterocycles. The molecule has 1 N–H and O–H groups in total. The molecular formula is C14H27N3. The Bertz CT molecular complexity index is 267. The average molecular weight is 237 g/mol. The monoisotopic (exact) mass is 237 g/mol. The molecule has 1 aliphatic rings. The van der Waals surface area contributed by atoms with Gasteiger partial charge in [0.1, 0.15) is 5.54 Å². The number of rotatable bonds is 6. The Morgan fingerprint density at radius 2 is 2.06 bits per heavy atom. The second-order valence-electron chi connectivity index (χ2n) is 5.26. The van der Waals surface area contributed by atoms with Crippen LogP contribution in [0.15, 0.2) is 0 Å². The zero-order valence-corrected chi connectivity index (χ0v) is 11.8. The van der Waals surface area contributed by atoms with Crippen molar-refractivity contribution in [3.63, 3.8) is 0 Å². The van der Waals surface area contributed by atoms with Gasteiger partial charge in [-0.05, 0) is 45.7 Å². The molecular weight excluding hydrogens is 210 g/mol. The summed E-state index contributed by atoms with van der Waals surface area (Å²) < 4.78 is 0. The minimum absolute atomic E-state index is 0.264. The van der Waals surface area contributed by atoms with Crippen LogP contribution in [0, 0.1) is 11.3 Å². The van der Waals surface area contributed by atoms with E-state index in [9.17, 15) is 5.26 Å². The van der Waals surface area contributed by atoms with Crippen molar-refractivity contribution in [2.45, 2.75) is 70.5 Å². The van der Waals surface area contributed by atoms with Gasteiger partial charge in [-0.2, -0.15) is 5.26 Å². The van der Waals surface area contributed by atoms with Crippen LogP contribution < -0.4 is 5.32 Å². The molecule has 2 unspecified atom stereocenters. The van der Waals surface area contributed by atoms with Crippen molar-refractivity contribution in [1.82, 2.24) is 10.2 Å². The number of nitrogens with zero attached hydrogens (tertiary/aromatic N) is 2. The lowest BCUT2D eigenvalue weighted by Crippen LogP contribution is -2.45. The smallest absolute Gasteiger partial charge is 0.108 e. The van der Waals surface area contributed by atoms with Crippen LogP contribution in [0.5, 0.6) is 0 Å². The van der Waals surface area contributed by atoms with E-state index in [4.69, 9.17) is 0 Å². The number of nitriles is 1.